The average Bonchev–Trinajstić information content (AvgIpc) is 2.73. The zero-order chi connectivity index (χ0) is 16.0. The number of nitrogens with zero attached hydrogens (tertiary/aromatic N) is 2. The highest BCUT2D eigenvalue weighted by Gasteiger charge is 2.39. The summed E-state index contributed by atoms with van der Waals surface area (Å²) in [5.74, 6) is 0. The Bertz CT molecular complexity index is 697. The molecule has 2 rings (SSSR count). The van der Waals surface area contributed by atoms with Crippen LogP contribution in [0.2, 0.25) is 0 Å². The van der Waals surface area contributed by atoms with E-state index in [0.29, 0.717) is 17.5 Å². The highest BCUT2D eigenvalue weighted by Crippen LogP contribution is 2.31. The lowest BCUT2D eigenvalue weighted by Crippen LogP contribution is -2.34. The molecule has 1 N–H and O–H groups in total. The van der Waals surface area contributed by atoms with Crippen LogP contribution in [0.25, 0.3) is 0 Å². The first-order valence-corrected chi connectivity index (χ1v) is 7.97. The molecule has 1 unspecified atom stereocenters. The Morgan fingerprint density at radius 3 is 2.48 bits per heavy atom. The van der Waals surface area contributed by atoms with Gasteiger partial charge >= 0.3 is 0 Å². The van der Waals surface area contributed by atoms with Gasteiger partial charge in [-0.1, -0.05) is 0 Å². The Balaban J connectivity index is 2.53. The van der Waals surface area contributed by atoms with Crippen molar-refractivity contribution in [2.75, 3.05) is 13.1 Å². The summed E-state index contributed by atoms with van der Waals surface area (Å²) in [6, 6.07) is 2.44. The Hall–Kier alpha value is -1.51. The maximum atomic E-state index is 12.7. The molecule has 1 aliphatic heterocycles. The van der Waals surface area contributed by atoms with Gasteiger partial charge in [-0.2, -0.15) is 4.31 Å². The summed E-state index contributed by atoms with van der Waals surface area (Å²) in [6.07, 6.45) is 0.346. The molecule has 0 aromatic heterocycles. The minimum absolute atomic E-state index is 0.00346. The van der Waals surface area contributed by atoms with Crippen LogP contribution < -0.4 is 0 Å². The lowest BCUT2D eigenvalue weighted by Gasteiger charge is -2.20. The van der Waals surface area contributed by atoms with Crippen LogP contribution >= 0.6 is 0 Å². The average molecular weight is 314 g/mol. The fourth-order valence-corrected chi connectivity index (χ4v) is 4.31. The van der Waals surface area contributed by atoms with Gasteiger partial charge in [0.2, 0.25) is 10.0 Å². The fourth-order valence-electron chi connectivity index (χ4n) is 2.43. The summed E-state index contributed by atoms with van der Waals surface area (Å²) in [5, 5.41) is 20.9. The van der Waals surface area contributed by atoms with Crippen LogP contribution in [-0.2, 0) is 10.0 Å². The van der Waals surface area contributed by atoms with Crippen LogP contribution in [0.4, 0.5) is 5.69 Å². The molecule has 1 aromatic rings. The van der Waals surface area contributed by atoms with Crippen LogP contribution in [0.3, 0.4) is 0 Å². The second-order valence-electron chi connectivity index (χ2n) is 5.73. The van der Waals surface area contributed by atoms with Gasteiger partial charge in [-0.3, -0.25) is 10.1 Å². The molecule has 0 saturated carbocycles. The Kier molecular flexibility index (Phi) is 3.81. The largest absolute Gasteiger partial charge is 0.389 e. The standard InChI is InChI=1S/C13H18N2O5S/c1-9-6-11(15(17)18)7-12(10(9)2)21(19,20)14-5-4-13(3,16)8-14/h6-7,16H,4-5,8H2,1-3H3. The topological polar surface area (TPSA) is 101 Å². The van der Waals surface area contributed by atoms with E-state index in [9.17, 15) is 23.6 Å². The van der Waals surface area contributed by atoms with Crippen molar-refractivity contribution in [3.63, 3.8) is 0 Å². The summed E-state index contributed by atoms with van der Waals surface area (Å²) in [5.41, 5.74) is -0.264. The predicted octanol–water partition coefficient (Wildman–Crippen LogP) is 1.36. The quantitative estimate of drug-likeness (QED) is 0.670. The van der Waals surface area contributed by atoms with Gasteiger partial charge in [0, 0.05) is 25.2 Å². The van der Waals surface area contributed by atoms with E-state index in [1.807, 2.05) is 0 Å². The van der Waals surface area contributed by atoms with Gasteiger partial charge in [-0.05, 0) is 38.3 Å². The smallest absolute Gasteiger partial charge is 0.271 e. The number of aryl methyl sites for hydroxylation is 1. The summed E-state index contributed by atoms with van der Waals surface area (Å²) < 4.78 is 26.5. The molecule has 1 saturated heterocycles. The lowest BCUT2D eigenvalue weighted by atomic mass is 10.1. The third kappa shape index (κ3) is 2.92. The maximum Gasteiger partial charge on any atom is 0.271 e. The Morgan fingerprint density at radius 2 is 2.00 bits per heavy atom. The highest BCUT2D eigenvalue weighted by atomic mass is 32.2. The van der Waals surface area contributed by atoms with Crippen molar-refractivity contribution in [1.29, 1.82) is 0 Å². The molecule has 8 heteroatoms. The third-order valence-corrected chi connectivity index (χ3v) is 5.82. The molecule has 0 spiro atoms. The molecular formula is C13H18N2O5S. The molecule has 0 bridgehead atoms. The Morgan fingerprint density at radius 1 is 1.38 bits per heavy atom. The monoisotopic (exact) mass is 314 g/mol. The number of nitro groups is 1. The molecule has 1 heterocycles. The molecule has 1 fully saturated rings. The Labute approximate surface area is 123 Å². The normalized spacial score (nSPS) is 23.4. The van der Waals surface area contributed by atoms with Crippen molar-refractivity contribution in [3.8, 4) is 0 Å². The number of aliphatic hydroxyl groups is 1. The highest BCUT2D eigenvalue weighted by molar-refractivity contribution is 7.89. The van der Waals surface area contributed by atoms with E-state index < -0.39 is 20.5 Å². The lowest BCUT2D eigenvalue weighted by molar-refractivity contribution is -0.385. The van der Waals surface area contributed by atoms with Gasteiger partial charge in [0.25, 0.3) is 5.69 Å². The predicted molar refractivity (Wildman–Crippen MR) is 76.6 cm³/mol. The maximum absolute atomic E-state index is 12.7. The first kappa shape index (κ1) is 15.9. The number of hydrogen-bond acceptors (Lipinski definition) is 5. The second kappa shape index (κ2) is 5.04. The summed E-state index contributed by atoms with van der Waals surface area (Å²) in [7, 11) is -3.85. The minimum Gasteiger partial charge on any atom is -0.389 e. The second-order valence-corrected chi connectivity index (χ2v) is 7.63. The molecule has 21 heavy (non-hydrogen) atoms. The number of hydrogen-bond donors (Lipinski definition) is 1. The van der Waals surface area contributed by atoms with Crippen molar-refractivity contribution in [2.45, 2.75) is 37.7 Å². The van der Waals surface area contributed by atoms with E-state index in [2.05, 4.69) is 0 Å². The van der Waals surface area contributed by atoms with Crippen molar-refractivity contribution in [3.05, 3.63) is 33.4 Å². The minimum atomic E-state index is -3.85. The van der Waals surface area contributed by atoms with E-state index in [0.717, 1.165) is 6.07 Å². The van der Waals surface area contributed by atoms with Crippen LogP contribution in [0, 0.1) is 24.0 Å². The van der Waals surface area contributed by atoms with Gasteiger partial charge < -0.3 is 5.11 Å². The van der Waals surface area contributed by atoms with Crippen molar-refractivity contribution < 1.29 is 18.4 Å². The zero-order valence-electron chi connectivity index (χ0n) is 12.2. The molecule has 1 aliphatic rings. The number of β-amino-alcohol motifs (C(OH)–C–C–N with tert-alkyl or cyclic N) is 1. The first-order chi connectivity index (χ1) is 9.54. The molecule has 0 aliphatic carbocycles. The van der Waals surface area contributed by atoms with Crippen molar-refractivity contribution in [1.82, 2.24) is 4.31 Å². The number of nitro benzene ring substituents is 1. The molecule has 116 valence electrons. The summed E-state index contributed by atoms with van der Waals surface area (Å²) in [6.45, 7) is 5.04. The van der Waals surface area contributed by atoms with Gasteiger partial charge in [0.05, 0.1) is 15.4 Å². The van der Waals surface area contributed by atoms with E-state index in [-0.39, 0.29) is 23.7 Å². The van der Waals surface area contributed by atoms with E-state index in [1.165, 1.54) is 10.4 Å². The zero-order valence-corrected chi connectivity index (χ0v) is 13.0. The molecule has 0 radical (unpaired) electrons. The van der Waals surface area contributed by atoms with Crippen LogP contribution in [0.15, 0.2) is 17.0 Å². The van der Waals surface area contributed by atoms with Gasteiger partial charge in [0.15, 0.2) is 0 Å². The molecule has 0 amide bonds. The molecule has 7 nitrogen and oxygen atoms in total. The van der Waals surface area contributed by atoms with Crippen LogP contribution in [0.5, 0.6) is 0 Å². The van der Waals surface area contributed by atoms with E-state index in [1.54, 1.807) is 20.8 Å². The molecule has 1 aromatic carbocycles. The van der Waals surface area contributed by atoms with Crippen molar-refractivity contribution >= 4 is 15.7 Å². The number of rotatable bonds is 3. The number of benzene rings is 1. The van der Waals surface area contributed by atoms with Gasteiger partial charge in [-0.15, -0.1) is 0 Å². The van der Waals surface area contributed by atoms with Crippen molar-refractivity contribution in [2.24, 2.45) is 0 Å². The van der Waals surface area contributed by atoms with E-state index >= 15 is 0 Å². The van der Waals surface area contributed by atoms with E-state index in [4.69, 9.17) is 0 Å². The molecule has 1 atom stereocenters. The fraction of sp³-hybridized carbons (Fsp3) is 0.538. The number of non-ortho nitro benzene ring substituents is 1. The third-order valence-electron chi connectivity index (χ3n) is 3.85. The van der Waals surface area contributed by atoms with Gasteiger partial charge in [-0.25, -0.2) is 8.42 Å². The summed E-state index contributed by atoms with van der Waals surface area (Å²) in [4.78, 5) is 10.3. The number of sulfonamides is 1. The first-order valence-electron chi connectivity index (χ1n) is 6.53. The molecular weight excluding hydrogens is 296 g/mol. The SMILES string of the molecule is Cc1cc([N+](=O)[O-])cc(S(=O)(=O)N2CCC(C)(O)C2)c1C. The summed E-state index contributed by atoms with van der Waals surface area (Å²) >= 11 is 0. The van der Waals surface area contributed by atoms with Crippen LogP contribution in [-0.4, -0.2) is 41.4 Å². The van der Waals surface area contributed by atoms with Gasteiger partial charge in [0.1, 0.15) is 0 Å². The van der Waals surface area contributed by atoms with Crippen LogP contribution in [0.1, 0.15) is 24.5 Å².